The van der Waals surface area contributed by atoms with Crippen molar-refractivity contribution in [1.29, 1.82) is 0 Å². The monoisotopic (exact) mass is 218 g/mol. The van der Waals surface area contributed by atoms with Crippen molar-refractivity contribution in [3.63, 3.8) is 0 Å². The summed E-state index contributed by atoms with van der Waals surface area (Å²) in [5.74, 6) is -1.97. The van der Waals surface area contributed by atoms with Crippen LogP contribution in [0.2, 0.25) is 0 Å². The number of alkyl halides is 3. The molecule has 1 aromatic carbocycles. The second-order valence-corrected chi connectivity index (χ2v) is 3.09. The van der Waals surface area contributed by atoms with E-state index in [1.165, 1.54) is 18.2 Å². The molecule has 0 saturated heterocycles. The lowest BCUT2D eigenvalue weighted by atomic mass is 9.95. The number of ether oxygens (including phenoxy) is 1. The van der Waals surface area contributed by atoms with Gasteiger partial charge >= 0.3 is 12.1 Å². The molecule has 3 nitrogen and oxygen atoms in total. The zero-order chi connectivity index (χ0) is 11.3. The van der Waals surface area contributed by atoms with Gasteiger partial charge in [0.1, 0.15) is 5.75 Å². The van der Waals surface area contributed by atoms with Crippen molar-refractivity contribution in [2.24, 2.45) is 0 Å². The number of carbonyl (C=O) groups is 1. The molecule has 80 valence electrons. The van der Waals surface area contributed by atoms with Crippen molar-refractivity contribution >= 4 is 5.97 Å². The van der Waals surface area contributed by atoms with Gasteiger partial charge in [-0.1, -0.05) is 18.2 Å². The number of carbonyl (C=O) groups excluding carboxylic acids is 1. The Labute approximate surface area is 82.1 Å². The Morgan fingerprint density at radius 2 is 1.87 bits per heavy atom. The average molecular weight is 218 g/mol. The molecule has 15 heavy (non-hydrogen) atoms. The number of rotatable bonds is 0. The molecule has 1 aliphatic rings. The van der Waals surface area contributed by atoms with Gasteiger partial charge in [0, 0.05) is 5.56 Å². The first-order valence-electron chi connectivity index (χ1n) is 3.98. The summed E-state index contributed by atoms with van der Waals surface area (Å²) in [4.78, 5) is 11.0. The number of halogens is 3. The van der Waals surface area contributed by atoms with E-state index in [0.29, 0.717) is 0 Å². The summed E-state index contributed by atoms with van der Waals surface area (Å²) in [5.41, 5.74) is -4.11. The summed E-state index contributed by atoms with van der Waals surface area (Å²) >= 11 is 0. The van der Waals surface area contributed by atoms with Gasteiger partial charge in [0.15, 0.2) is 0 Å². The summed E-state index contributed by atoms with van der Waals surface area (Å²) in [7, 11) is 0. The van der Waals surface area contributed by atoms with Crippen LogP contribution in [-0.4, -0.2) is 17.3 Å². The van der Waals surface area contributed by atoms with E-state index in [4.69, 9.17) is 0 Å². The van der Waals surface area contributed by atoms with Gasteiger partial charge in [0.25, 0.3) is 5.60 Å². The van der Waals surface area contributed by atoms with Gasteiger partial charge in [-0.2, -0.15) is 13.2 Å². The van der Waals surface area contributed by atoms with Crippen LogP contribution in [0.4, 0.5) is 13.2 Å². The lowest BCUT2D eigenvalue weighted by Crippen LogP contribution is -2.47. The Bertz CT molecular complexity index is 427. The number of para-hydroxylation sites is 1. The van der Waals surface area contributed by atoms with E-state index in [2.05, 4.69) is 4.74 Å². The maximum atomic E-state index is 12.5. The summed E-state index contributed by atoms with van der Waals surface area (Å²) < 4.78 is 41.9. The molecule has 6 heteroatoms. The van der Waals surface area contributed by atoms with Crippen LogP contribution < -0.4 is 4.74 Å². The zero-order valence-corrected chi connectivity index (χ0v) is 7.21. The van der Waals surface area contributed by atoms with Gasteiger partial charge in [-0.25, -0.2) is 4.79 Å². The normalized spacial score (nSPS) is 24.9. The average Bonchev–Trinajstić information content (AvgIpc) is 2.40. The van der Waals surface area contributed by atoms with E-state index < -0.39 is 23.3 Å². The molecule has 0 aromatic heterocycles. The third kappa shape index (κ3) is 1.14. The number of aliphatic hydroxyl groups is 1. The van der Waals surface area contributed by atoms with E-state index in [9.17, 15) is 23.1 Å². The minimum Gasteiger partial charge on any atom is -0.423 e. The van der Waals surface area contributed by atoms with Crippen LogP contribution in [-0.2, 0) is 10.4 Å². The standard InChI is InChI=1S/C9H5F3O3/c10-9(11,12)8(14)5-3-1-2-4-6(5)15-7(8)13/h1-4,14H. The van der Waals surface area contributed by atoms with Crippen LogP contribution in [0, 0.1) is 0 Å². The first kappa shape index (κ1) is 9.97. The van der Waals surface area contributed by atoms with E-state index >= 15 is 0 Å². The highest BCUT2D eigenvalue weighted by atomic mass is 19.4. The zero-order valence-electron chi connectivity index (χ0n) is 7.21. The lowest BCUT2D eigenvalue weighted by molar-refractivity contribution is -0.258. The number of esters is 1. The topological polar surface area (TPSA) is 46.5 Å². The first-order valence-corrected chi connectivity index (χ1v) is 3.98. The van der Waals surface area contributed by atoms with E-state index in [0.717, 1.165) is 6.07 Å². The molecule has 1 aromatic rings. The third-order valence-corrected chi connectivity index (χ3v) is 2.19. The molecule has 0 saturated carbocycles. The minimum absolute atomic E-state index is 0.262. The molecule has 0 spiro atoms. The van der Waals surface area contributed by atoms with E-state index in [-0.39, 0.29) is 5.75 Å². The molecule has 1 heterocycles. The van der Waals surface area contributed by atoms with Gasteiger partial charge in [-0.15, -0.1) is 0 Å². The number of hydrogen-bond acceptors (Lipinski definition) is 3. The molecule has 0 radical (unpaired) electrons. The highest BCUT2D eigenvalue weighted by Gasteiger charge is 2.66. The molecular formula is C9H5F3O3. The lowest BCUT2D eigenvalue weighted by Gasteiger charge is -2.21. The quantitative estimate of drug-likeness (QED) is 0.528. The predicted octanol–water partition coefficient (Wildman–Crippen LogP) is 1.36. The maximum absolute atomic E-state index is 12.5. The smallest absolute Gasteiger partial charge is 0.423 e. The van der Waals surface area contributed by atoms with Gasteiger partial charge in [0.2, 0.25) is 0 Å². The van der Waals surface area contributed by atoms with Crippen LogP contribution in [0.15, 0.2) is 24.3 Å². The number of hydrogen-bond donors (Lipinski definition) is 1. The van der Waals surface area contributed by atoms with Crippen molar-refractivity contribution < 1.29 is 27.8 Å². The molecule has 1 aliphatic heterocycles. The molecule has 0 amide bonds. The highest BCUT2D eigenvalue weighted by molar-refractivity contribution is 5.89. The van der Waals surface area contributed by atoms with Gasteiger partial charge < -0.3 is 9.84 Å². The summed E-state index contributed by atoms with van der Waals surface area (Å²) in [6.45, 7) is 0. The van der Waals surface area contributed by atoms with Crippen LogP contribution in [0.25, 0.3) is 0 Å². The molecule has 1 unspecified atom stereocenters. The van der Waals surface area contributed by atoms with E-state index in [1.807, 2.05) is 0 Å². The molecular weight excluding hydrogens is 213 g/mol. The van der Waals surface area contributed by atoms with Gasteiger partial charge in [-0.3, -0.25) is 0 Å². The predicted molar refractivity (Wildman–Crippen MR) is 42.0 cm³/mol. The van der Waals surface area contributed by atoms with Crippen LogP contribution in [0.3, 0.4) is 0 Å². The second kappa shape index (κ2) is 2.73. The van der Waals surface area contributed by atoms with Gasteiger partial charge in [-0.05, 0) is 6.07 Å². The van der Waals surface area contributed by atoms with Crippen molar-refractivity contribution in [2.45, 2.75) is 11.8 Å². The Morgan fingerprint density at radius 1 is 1.27 bits per heavy atom. The van der Waals surface area contributed by atoms with Crippen LogP contribution in [0.5, 0.6) is 5.75 Å². The third-order valence-electron chi connectivity index (χ3n) is 2.19. The molecule has 0 fully saturated rings. The van der Waals surface area contributed by atoms with E-state index in [1.54, 1.807) is 0 Å². The van der Waals surface area contributed by atoms with Gasteiger partial charge in [0.05, 0.1) is 0 Å². The summed E-state index contributed by atoms with van der Waals surface area (Å²) in [5, 5.41) is 9.35. The first-order chi connectivity index (χ1) is 6.87. The largest absolute Gasteiger partial charge is 0.432 e. The van der Waals surface area contributed by atoms with Crippen molar-refractivity contribution in [3.8, 4) is 5.75 Å². The van der Waals surface area contributed by atoms with Crippen molar-refractivity contribution in [3.05, 3.63) is 29.8 Å². The fraction of sp³-hybridized carbons (Fsp3) is 0.222. The molecule has 0 bridgehead atoms. The Balaban J connectivity index is 2.65. The fourth-order valence-corrected chi connectivity index (χ4v) is 1.41. The maximum Gasteiger partial charge on any atom is 0.432 e. The summed E-state index contributed by atoms with van der Waals surface area (Å²) in [6.07, 6.45) is -5.09. The SMILES string of the molecule is O=C1Oc2ccccc2C1(O)C(F)(F)F. The van der Waals surface area contributed by atoms with Crippen LogP contribution >= 0.6 is 0 Å². The Morgan fingerprint density at radius 3 is 2.47 bits per heavy atom. The summed E-state index contributed by atoms with van der Waals surface area (Å²) in [6, 6.07) is 4.90. The minimum atomic E-state index is -5.09. The molecule has 1 N–H and O–H groups in total. The Kier molecular flexibility index (Phi) is 1.81. The molecule has 0 aliphatic carbocycles. The van der Waals surface area contributed by atoms with Crippen LogP contribution in [0.1, 0.15) is 5.56 Å². The fourth-order valence-electron chi connectivity index (χ4n) is 1.41. The van der Waals surface area contributed by atoms with Crippen molar-refractivity contribution in [1.82, 2.24) is 0 Å². The second-order valence-electron chi connectivity index (χ2n) is 3.09. The molecule has 1 atom stereocenters. The van der Waals surface area contributed by atoms with Crippen molar-refractivity contribution in [2.75, 3.05) is 0 Å². The number of fused-ring (bicyclic) bond motifs is 1. The number of benzene rings is 1. The molecule has 2 rings (SSSR count). The highest BCUT2D eigenvalue weighted by Crippen LogP contribution is 2.47. The Hall–Kier alpha value is -1.56.